The van der Waals surface area contributed by atoms with Gasteiger partial charge in [0.25, 0.3) is 0 Å². The fraction of sp³-hybridized carbons (Fsp3) is 0.500. The minimum atomic E-state index is 0.364. The largest absolute Gasteiger partial charge is 0.309 e. The van der Waals surface area contributed by atoms with Gasteiger partial charge >= 0.3 is 0 Å². The molecule has 17 heavy (non-hydrogen) atoms. The van der Waals surface area contributed by atoms with Crippen molar-refractivity contribution < 1.29 is 0 Å². The Morgan fingerprint density at radius 1 is 1.47 bits per heavy atom. The highest BCUT2D eigenvalue weighted by molar-refractivity contribution is 6.29. The summed E-state index contributed by atoms with van der Waals surface area (Å²) >= 11 is 5.94. The number of nitrogens with zero attached hydrogens (tertiary/aromatic N) is 3. The van der Waals surface area contributed by atoms with Crippen molar-refractivity contribution in [1.29, 1.82) is 0 Å². The van der Waals surface area contributed by atoms with E-state index in [-0.39, 0.29) is 0 Å². The molecule has 2 aromatic heterocycles. The summed E-state index contributed by atoms with van der Waals surface area (Å²) in [6, 6.07) is 2.21. The van der Waals surface area contributed by atoms with Crippen LogP contribution in [-0.2, 0) is 0 Å². The number of rotatable bonds is 1. The zero-order valence-corrected chi connectivity index (χ0v) is 10.5. The number of hydrogen-bond donors (Lipinski definition) is 1. The Balaban J connectivity index is 2.03. The zero-order chi connectivity index (χ0) is 11.8. The van der Waals surface area contributed by atoms with Gasteiger partial charge in [-0.05, 0) is 37.9 Å². The molecular weight excluding hydrogens is 236 g/mol. The van der Waals surface area contributed by atoms with Crippen molar-refractivity contribution in [1.82, 2.24) is 19.9 Å². The first-order valence-corrected chi connectivity index (χ1v) is 6.37. The first-order valence-electron chi connectivity index (χ1n) is 6.00. The van der Waals surface area contributed by atoms with Gasteiger partial charge in [0.2, 0.25) is 0 Å². The minimum Gasteiger partial charge on any atom is -0.309 e. The number of hydrogen-bond acceptors (Lipinski definition) is 3. The molecule has 0 radical (unpaired) electrons. The molecule has 1 N–H and O–H groups in total. The van der Waals surface area contributed by atoms with Gasteiger partial charge in [0, 0.05) is 0 Å². The molecule has 2 aromatic rings. The molecule has 0 saturated carbocycles. The summed E-state index contributed by atoms with van der Waals surface area (Å²) in [7, 11) is 0. The average molecular weight is 251 g/mol. The van der Waals surface area contributed by atoms with Crippen molar-refractivity contribution in [3.8, 4) is 0 Å². The maximum absolute atomic E-state index is 5.94. The number of aromatic nitrogens is 3. The van der Waals surface area contributed by atoms with E-state index in [1.165, 1.54) is 12.8 Å². The third kappa shape index (κ3) is 2.03. The number of halogens is 1. The van der Waals surface area contributed by atoms with E-state index in [2.05, 4.69) is 15.4 Å². The Kier molecular flexibility index (Phi) is 2.76. The van der Waals surface area contributed by atoms with Crippen LogP contribution in [0.1, 0.15) is 36.6 Å². The molecule has 1 saturated heterocycles. The van der Waals surface area contributed by atoms with Crippen LogP contribution in [0.15, 0.2) is 12.3 Å². The van der Waals surface area contributed by atoms with Crippen molar-refractivity contribution in [2.75, 3.05) is 6.54 Å². The number of imidazole rings is 1. The van der Waals surface area contributed by atoms with Crippen molar-refractivity contribution in [2.24, 2.45) is 0 Å². The second kappa shape index (κ2) is 4.27. The molecule has 0 spiro atoms. The summed E-state index contributed by atoms with van der Waals surface area (Å²) in [5, 5.41) is 8.25. The normalized spacial score (nSPS) is 20.9. The second-order valence-corrected chi connectivity index (χ2v) is 4.97. The number of fused-ring (bicyclic) bond motifs is 1. The molecule has 1 aliphatic heterocycles. The van der Waals surface area contributed by atoms with Crippen molar-refractivity contribution in [3.05, 3.63) is 28.7 Å². The molecule has 0 aliphatic carbocycles. The Hall–Kier alpha value is -1.13. The highest BCUT2D eigenvalue weighted by Gasteiger charge is 2.18. The van der Waals surface area contributed by atoms with Gasteiger partial charge < -0.3 is 5.32 Å². The topological polar surface area (TPSA) is 42.2 Å². The van der Waals surface area contributed by atoms with Gasteiger partial charge in [-0.15, -0.1) is 0 Å². The van der Waals surface area contributed by atoms with E-state index in [0.717, 1.165) is 29.9 Å². The van der Waals surface area contributed by atoms with Crippen LogP contribution in [0.5, 0.6) is 0 Å². The molecule has 1 atom stereocenters. The Bertz CT molecular complexity index is 543. The van der Waals surface area contributed by atoms with Gasteiger partial charge in [-0.3, -0.25) is 0 Å². The van der Waals surface area contributed by atoms with Crippen LogP contribution in [0.25, 0.3) is 5.65 Å². The van der Waals surface area contributed by atoms with Crippen molar-refractivity contribution >= 4 is 17.2 Å². The van der Waals surface area contributed by atoms with E-state index >= 15 is 0 Å². The highest BCUT2D eigenvalue weighted by atomic mass is 35.5. The maximum Gasteiger partial charge on any atom is 0.156 e. The summed E-state index contributed by atoms with van der Waals surface area (Å²) in [6.45, 7) is 3.08. The molecular formula is C12H15ClN4. The Labute approximate surface area is 105 Å². The lowest BCUT2D eigenvalue weighted by atomic mass is 10.0. The van der Waals surface area contributed by atoms with Gasteiger partial charge in [-0.25, -0.2) is 9.50 Å². The Morgan fingerprint density at radius 2 is 2.35 bits per heavy atom. The first kappa shape index (κ1) is 11.0. The fourth-order valence-electron chi connectivity index (χ4n) is 2.38. The summed E-state index contributed by atoms with van der Waals surface area (Å²) in [4.78, 5) is 4.66. The van der Waals surface area contributed by atoms with E-state index in [4.69, 9.17) is 11.6 Å². The summed E-state index contributed by atoms with van der Waals surface area (Å²) in [6.07, 6.45) is 5.65. The van der Waals surface area contributed by atoms with E-state index in [9.17, 15) is 0 Å². The lowest BCUT2D eigenvalue weighted by Gasteiger charge is -2.21. The maximum atomic E-state index is 5.94. The quantitative estimate of drug-likeness (QED) is 0.846. The van der Waals surface area contributed by atoms with Gasteiger partial charge in [0.05, 0.1) is 17.9 Å². The van der Waals surface area contributed by atoms with Gasteiger partial charge in [-0.2, -0.15) is 5.10 Å². The monoisotopic (exact) mass is 250 g/mol. The Morgan fingerprint density at radius 3 is 3.12 bits per heavy atom. The predicted molar refractivity (Wildman–Crippen MR) is 67.3 cm³/mol. The third-order valence-corrected chi connectivity index (χ3v) is 3.45. The lowest BCUT2D eigenvalue weighted by molar-refractivity contribution is 0.406. The molecule has 1 unspecified atom stereocenters. The van der Waals surface area contributed by atoms with Crippen LogP contribution in [-0.4, -0.2) is 21.1 Å². The molecule has 0 amide bonds. The van der Waals surface area contributed by atoms with Crippen molar-refractivity contribution in [2.45, 2.75) is 32.2 Å². The van der Waals surface area contributed by atoms with E-state index in [1.54, 1.807) is 4.52 Å². The third-order valence-electron chi connectivity index (χ3n) is 3.27. The van der Waals surface area contributed by atoms with Gasteiger partial charge in [-0.1, -0.05) is 18.0 Å². The number of nitrogens with one attached hydrogen (secondary N) is 1. The minimum absolute atomic E-state index is 0.364. The van der Waals surface area contributed by atoms with Crippen molar-refractivity contribution in [3.63, 3.8) is 0 Å². The summed E-state index contributed by atoms with van der Waals surface area (Å²) in [5.74, 6) is 0. The molecule has 0 bridgehead atoms. The zero-order valence-electron chi connectivity index (χ0n) is 9.78. The first-order chi connectivity index (χ1) is 8.24. The highest BCUT2D eigenvalue weighted by Crippen LogP contribution is 2.23. The van der Waals surface area contributed by atoms with Gasteiger partial charge in [0.1, 0.15) is 5.15 Å². The molecule has 5 heteroatoms. The molecule has 90 valence electrons. The summed E-state index contributed by atoms with van der Waals surface area (Å²) < 4.78 is 1.78. The molecule has 3 heterocycles. The van der Waals surface area contributed by atoms with Gasteiger partial charge in [0.15, 0.2) is 5.65 Å². The average Bonchev–Trinajstić information content (AvgIpc) is 2.74. The molecule has 3 rings (SSSR count). The fourth-order valence-corrected chi connectivity index (χ4v) is 2.63. The van der Waals surface area contributed by atoms with E-state index in [1.807, 2.05) is 19.2 Å². The van der Waals surface area contributed by atoms with E-state index in [0.29, 0.717) is 11.2 Å². The second-order valence-electron chi connectivity index (χ2n) is 4.59. The SMILES string of the molecule is Cc1cc(Cl)nn2cc(C3CCCCN3)nc12. The predicted octanol–water partition coefficient (Wildman–Crippen LogP) is 2.51. The van der Waals surface area contributed by atoms with Crippen LogP contribution in [0.4, 0.5) is 0 Å². The van der Waals surface area contributed by atoms with Crippen LogP contribution in [0.2, 0.25) is 5.15 Å². The standard InChI is InChI=1S/C12H15ClN4/c1-8-6-11(13)16-17-7-10(15-12(8)17)9-4-2-3-5-14-9/h6-7,9,14H,2-5H2,1H3. The number of aryl methyl sites for hydroxylation is 1. The molecule has 4 nitrogen and oxygen atoms in total. The van der Waals surface area contributed by atoms with Crippen LogP contribution >= 0.6 is 11.6 Å². The summed E-state index contributed by atoms with van der Waals surface area (Å²) in [5.41, 5.74) is 3.03. The molecule has 0 aromatic carbocycles. The molecule has 1 aliphatic rings. The smallest absolute Gasteiger partial charge is 0.156 e. The molecule has 1 fully saturated rings. The van der Waals surface area contributed by atoms with Crippen LogP contribution < -0.4 is 5.32 Å². The lowest BCUT2D eigenvalue weighted by Crippen LogP contribution is -2.26. The van der Waals surface area contributed by atoms with Crippen LogP contribution in [0.3, 0.4) is 0 Å². The van der Waals surface area contributed by atoms with E-state index < -0.39 is 0 Å². The number of piperidine rings is 1. The van der Waals surface area contributed by atoms with Crippen LogP contribution in [0, 0.1) is 6.92 Å².